The maximum absolute atomic E-state index is 13.8. The molecule has 1 fully saturated rings. The summed E-state index contributed by atoms with van der Waals surface area (Å²) in [5.41, 5.74) is 1.48. The van der Waals surface area contributed by atoms with Crippen molar-refractivity contribution in [2.24, 2.45) is 4.99 Å². The van der Waals surface area contributed by atoms with Gasteiger partial charge in [-0.3, -0.25) is 0 Å². The quantitative estimate of drug-likeness (QED) is 0.939. The van der Waals surface area contributed by atoms with Crippen molar-refractivity contribution in [1.29, 1.82) is 0 Å². The Kier molecular flexibility index (Phi) is 4.75. The second-order valence-corrected chi connectivity index (χ2v) is 6.09. The van der Waals surface area contributed by atoms with Crippen molar-refractivity contribution in [3.8, 4) is 0 Å². The average molecular weight is 316 g/mol. The molecule has 3 nitrogen and oxygen atoms in total. The van der Waals surface area contributed by atoms with E-state index in [1.807, 2.05) is 35.2 Å². The van der Waals surface area contributed by atoms with E-state index in [4.69, 9.17) is 0 Å². The molecule has 2 aromatic carbocycles. The second kappa shape index (κ2) is 6.94. The zero-order chi connectivity index (χ0) is 15.4. The number of benzene rings is 2. The Balaban J connectivity index is 1.88. The molecule has 5 heteroatoms. The first-order valence-electron chi connectivity index (χ1n) is 7.15. The monoisotopic (exact) mass is 316 g/mol. The molecule has 1 heterocycles. The van der Waals surface area contributed by atoms with Gasteiger partial charge in [-0.2, -0.15) is 0 Å². The van der Waals surface area contributed by atoms with Crippen molar-refractivity contribution < 1.29 is 9.50 Å². The van der Waals surface area contributed by atoms with Gasteiger partial charge in [-0.1, -0.05) is 54.2 Å². The fourth-order valence-corrected chi connectivity index (χ4v) is 3.54. The maximum Gasteiger partial charge on any atom is 0.165 e. The Morgan fingerprint density at radius 3 is 2.59 bits per heavy atom. The van der Waals surface area contributed by atoms with Gasteiger partial charge in [0.1, 0.15) is 11.5 Å². The van der Waals surface area contributed by atoms with Gasteiger partial charge in [0.25, 0.3) is 0 Å². The molecule has 0 amide bonds. The van der Waals surface area contributed by atoms with Crippen LogP contribution in [-0.2, 0) is 6.54 Å². The van der Waals surface area contributed by atoms with Crippen LogP contribution in [0.15, 0.2) is 59.6 Å². The van der Waals surface area contributed by atoms with Crippen molar-refractivity contribution >= 4 is 22.6 Å². The van der Waals surface area contributed by atoms with E-state index in [0.717, 1.165) is 16.5 Å². The molecule has 0 aromatic heterocycles. The Labute approximate surface area is 133 Å². The highest BCUT2D eigenvalue weighted by Gasteiger charge is 2.29. The molecule has 22 heavy (non-hydrogen) atoms. The molecule has 0 spiro atoms. The Morgan fingerprint density at radius 1 is 1.14 bits per heavy atom. The molecule has 0 bridgehead atoms. The SMILES string of the molecule is OC[C@H]1CSC(=Nc2ccccc2F)N1Cc1ccccc1. The zero-order valence-corrected chi connectivity index (χ0v) is 12.8. The predicted molar refractivity (Wildman–Crippen MR) is 88.8 cm³/mol. The number of hydrogen-bond donors (Lipinski definition) is 1. The summed E-state index contributed by atoms with van der Waals surface area (Å²) in [7, 11) is 0. The minimum absolute atomic E-state index is 0.00993. The lowest BCUT2D eigenvalue weighted by atomic mass is 10.2. The summed E-state index contributed by atoms with van der Waals surface area (Å²) in [5, 5.41) is 10.3. The number of nitrogens with zero attached hydrogens (tertiary/aromatic N) is 2. The van der Waals surface area contributed by atoms with Crippen molar-refractivity contribution in [2.45, 2.75) is 12.6 Å². The van der Waals surface area contributed by atoms with Gasteiger partial charge in [0.15, 0.2) is 5.17 Å². The Hall–Kier alpha value is -1.85. The highest BCUT2D eigenvalue weighted by atomic mass is 32.2. The van der Waals surface area contributed by atoms with Crippen molar-refractivity contribution in [3.05, 3.63) is 66.0 Å². The van der Waals surface area contributed by atoms with E-state index >= 15 is 0 Å². The van der Waals surface area contributed by atoms with Crippen LogP contribution in [-0.4, -0.2) is 33.6 Å². The summed E-state index contributed by atoms with van der Waals surface area (Å²) >= 11 is 1.56. The molecule has 2 aromatic rings. The van der Waals surface area contributed by atoms with Crippen LogP contribution < -0.4 is 0 Å². The normalized spacial score (nSPS) is 19.8. The maximum atomic E-state index is 13.8. The summed E-state index contributed by atoms with van der Waals surface area (Å²) < 4.78 is 13.8. The Morgan fingerprint density at radius 2 is 1.86 bits per heavy atom. The van der Waals surface area contributed by atoms with Crippen LogP contribution in [0.2, 0.25) is 0 Å². The summed E-state index contributed by atoms with van der Waals surface area (Å²) in [4.78, 5) is 6.50. The molecule has 1 N–H and O–H groups in total. The molecule has 1 atom stereocenters. The molecule has 3 rings (SSSR count). The largest absolute Gasteiger partial charge is 0.394 e. The molecule has 0 unspecified atom stereocenters. The smallest absolute Gasteiger partial charge is 0.165 e. The third-order valence-corrected chi connectivity index (χ3v) is 4.70. The van der Waals surface area contributed by atoms with Gasteiger partial charge in [0.05, 0.1) is 12.6 Å². The number of amidine groups is 1. The van der Waals surface area contributed by atoms with E-state index in [0.29, 0.717) is 12.2 Å². The average Bonchev–Trinajstić information content (AvgIpc) is 2.92. The first-order chi connectivity index (χ1) is 10.8. The van der Waals surface area contributed by atoms with E-state index in [-0.39, 0.29) is 18.5 Å². The van der Waals surface area contributed by atoms with E-state index < -0.39 is 0 Å². The second-order valence-electron chi connectivity index (χ2n) is 5.11. The van der Waals surface area contributed by atoms with E-state index in [1.165, 1.54) is 6.07 Å². The van der Waals surface area contributed by atoms with Gasteiger partial charge >= 0.3 is 0 Å². The number of thioether (sulfide) groups is 1. The van der Waals surface area contributed by atoms with Gasteiger partial charge in [0.2, 0.25) is 0 Å². The number of aliphatic hydroxyl groups excluding tert-OH is 1. The minimum atomic E-state index is -0.331. The fourth-order valence-electron chi connectivity index (χ4n) is 2.37. The number of aliphatic imine (C=N–C) groups is 1. The summed E-state index contributed by atoms with van der Waals surface area (Å²) in [6.45, 7) is 0.725. The number of hydrogen-bond acceptors (Lipinski definition) is 3. The lowest BCUT2D eigenvalue weighted by molar-refractivity contribution is 0.197. The number of rotatable bonds is 4. The number of halogens is 1. The summed E-state index contributed by atoms with van der Waals surface area (Å²) in [6, 6.07) is 16.5. The zero-order valence-electron chi connectivity index (χ0n) is 12.0. The van der Waals surface area contributed by atoms with E-state index in [1.54, 1.807) is 30.0 Å². The van der Waals surface area contributed by atoms with E-state index in [2.05, 4.69) is 4.99 Å². The fraction of sp³-hybridized carbons (Fsp3) is 0.235. The third-order valence-electron chi connectivity index (χ3n) is 3.57. The van der Waals surface area contributed by atoms with Crippen molar-refractivity contribution in [1.82, 2.24) is 4.90 Å². The topological polar surface area (TPSA) is 35.8 Å². The number of para-hydroxylation sites is 1. The lowest BCUT2D eigenvalue weighted by Crippen LogP contribution is -2.35. The molecular formula is C17H17FN2OS. The summed E-state index contributed by atoms with van der Waals surface area (Å²) in [5.74, 6) is 0.430. The van der Waals surface area contributed by atoms with Crippen LogP contribution in [0.4, 0.5) is 10.1 Å². The predicted octanol–water partition coefficient (Wildman–Crippen LogP) is 3.42. The Bertz CT molecular complexity index is 663. The highest BCUT2D eigenvalue weighted by Crippen LogP contribution is 2.29. The molecule has 1 aliphatic heterocycles. The van der Waals surface area contributed by atoms with Gasteiger partial charge in [-0.25, -0.2) is 9.38 Å². The van der Waals surface area contributed by atoms with Crippen LogP contribution in [0.5, 0.6) is 0 Å². The first-order valence-corrected chi connectivity index (χ1v) is 8.14. The molecule has 114 valence electrons. The van der Waals surface area contributed by atoms with Gasteiger partial charge in [-0.05, 0) is 17.7 Å². The van der Waals surface area contributed by atoms with Gasteiger partial charge in [0, 0.05) is 12.3 Å². The highest BCUT2D eigenvalue weighted by molar-refractivity contribution is 8.14. The number of aliphatic hydroxyl groups is 1. The lowest BCUT2D eigenvalue weighted by Gasteiger charge is -2.24. The third kappa shape index (κ3) is 3.31. The molecule has 0 aliphatic carbocycles. The van der Waals surface area contributed by atoms with Gasteiger partial charge < -0.3 is 10.0 Å². The van der Waals surface area contributed by atoms with Crippen LogP contribution in [0.25, 0.3) is 0 Å². The van der Waals surface area contributed by atoms with Crippen LogP contribution in [0.1, 0.15) is 5.56 Å². The van der Waals surface area contributed by atoms with Crippen LogP contribution >= 0.6 is 11.8 Å². The molecular weight excluding hydrogens is 299 g/mol. The van der Waals surface area contributed by atoms with Crippen molar-refractivity contribution in [3.63, 3.8) is 0 Å². The molecule has 0 radical (unpaired) electrons. The first kappa shape index (κ1) is 15.1. The van der Waals surface area contributed by atoms with Crippen LogP contribution in [0, 0.1) is 5.82 Å². The minimum Gasteiger partial charge on any atom is -0.394 e. The molecule has 1 aliphatic rings. The standard InChI is InChI=1S/C17H17FN2OS/c18-15-8-4-5-9-16(15)19-17-20(14(11-21)12-22-17)10-13-6-2-1-3-7-13/h1-9,14,21H,10-12H2/t14-/m0/s1. The van der Waals surface area contributed by atoms with Crippen LogP contribution in [0.3, 0.4) is 0 Å². The summed E-state index contributed by atoms with van der Waals surface area (Å²) in [6.07, 6.45) is 0. The van der Waals surface area contributed by atoms with Gasteiger partial charge in [-0.15, -0.1) is 0 Å². The molecule has 0 saturated carbocycles. The van der Waals surface area contributed by atoms with Crippen molar-refractivity contribution in [2.75, 3.05) is 12.4 Å². The van der Waals surface area contributed by atoms with E-state index in [9.17, 15) is 9.50 Å². The molecule has 1 saturated heterocycles.